The molecular formula is C38H27F3N4O. The third kappa shape index (κ3) is 5.20. The van der Waals surface area contributed by atoms with E-state index in [4.69, 9.17) is 9.84 Å². The van der Waals surface area contributed by atoms with E-state index in [-0.39, 0.29) is 28.8 Å². The van der Waals surface area contributed by atoms with Crippen LogP contribution in [0.2, 0.25) is 0 Å². The van der Waals surface area contributed by atoms with Crippen molar-refractivity contribution in [1.29, 1.82) is 5.26 Å². The normalized spacial score (nSPS) is 13.3. The number of rotatable bonds is 7. The maximum atomic E-state index is 14.3. The number of halogens is 3. The Morgan fingerprint density at radius 3 is 1.63 bits per heavy atom. The van der Waals surface area contributed by atoms with Crippen LogP contribution in [-0.4, -0.2) is 21.1 Å². The molecule has 0 N–H and O–H groups in total. The van der Waals surface area contributed by atoms with Crippen molar-refractivity contribution in [3.63, 3.8) is 0 Å². The molecule has 5 nitrogen and oxygen atoms in total. The summed E-state index contributed by atoms with van der Waals surface area (Å²) in [5.41, 5.74) is 2.64. The molecule has 8 heteroatoms. The van der Waals surface area contributed by atoms with E-state index >= 15 is 0 Å². The molecule has 0 spiro atoms. The molecular weight excluding hydrogens is 585 g/mol. The van der Waals surface area contributed by atoms with Gasteiger partial charge in [0.15, 0.2) is 11.2 Å². The summed E-state index contributed by atoms with van der Waals surface area (Å²) < 4.78 is 49.0. The van der Waals surface area contributed by atoms with Gasteiger partial charge in [-0.2, -0.15) is 28.3 Å². The lowest BCUT2D eigenvalue weighted by atomic mass is 9.77. The number of benzene rings is 5. The molecule has 6 aromatic rings. The zero-order chi connectivity index (χ0) is 31.7. The third-order valence-electron chi connectivity index (χ3n) is 8.42. The van der Waals surface area contributed by atoms with Gasteiger partial charge in [-0.05, 0) is 46.0 Å². The molecule has 46 heavy (non-hydrogen) atoms. The van der Waals surface area contributed by atoms with Gasteiger partial charge >= 0.3 is 6.18 Å². The van der Waals surface area contributed by atoms with Crippen molar-refractivity contribution >= 4 is 0 Å². The molecule has 7 rings (SSSR count). The Morgan fingerprint density at radius 2 is 1.15 bits per heavy atom. The highest BCUT2D eigenvalue weighted by Crippen LogP contribution is 2.42. The predicted octanol–water partition coefficient (Wildman–Crippen LogP) is 8.22. The summed E-state index contributed by atoms with van der Waals surface area (Å²) >= 11 is 0. The van der Waals surface area contributed by atoms with Crippen LogP contribution in [0.4, 0.5) is 13.2 Å². The second kappa shape index (κ2) is 11.7. The molecule has 0 radical (unpaired) electrons. The van der Waals surface area contributed by atoms with Gasteiger partial charge in [0.2, 0.25) is 0 Å². The van der Waals surface area contributed by atoms with Crippen LogP contribution in [0.5, 0.6) is 5.75 Å². The van der Waals surface area contributed by atoms with Crippen LogP contribution in [0.1, 0.15) is 39.1 Å². The van der Waals surface area contributed by atoms with Crippen molar-refractivity contribution in [3.8, 4) is 23.1 Å². The molecule has 0 saturated carbocycles. The minimum atomic E-state index is -4.66. The molecule has 0 aliphatic heterocycles. The van der Waals surface area contributed by atoms with Crippen LogP contribution < -0.4 is 4.74 Å². The van der Waals surface area contributed by atoms with Gasteiger partial charge in [0.1, 0.15) is 23.6 Å². The summed E-state index contributed by atoms with van der Waals surface area (Å²) in [4.78, 5) is 1.45. The fourth-order valence-electron chi connectivity index (χ4n) is 6.37. The van der Waals surface area contributed by atoms with Crippen LogP contribution in [-0.2, 0) is 24.6 Å². The summed E-state index contributed by atoms with van der Waals surface area (Å²) in [6, 6.07) is 42.3. The molecule has 0 fully saturated rings. The highest BCUT2D eigenvalue weighted by molar-refractivity contribution is 5.67. The second-order valence-electron chi connectivity index (χ2n) is 11.3. The Bertz CT molecular complexity index is 1910. The average Bonchev–Trinajstić information content (AvgIpc) is 3.70. The number of nitrogens with zero attached hydrogens (tertiary/aromatic N) is 4. The van der Waals surface area contributed by atoms with Gasteiger partial charge in [-0.25, -0.2) is 0 Å². The monoisotopic (exact) mass is 612 g/mol. The summed E-state index contributed by atoms with van der Waals surface area (Å²) in [6.45, 7) is 0. The summed E-state index contributed by atoms with van der Waals surface area (Å²) in [7, 11) is 0. The maximum Gasteiger partial charge on any atom is 0.416 e. The fraction of sp³-hybridized carbons (Fsp3) is 0.132. The topological polar surface area (TPSA) is 63.7 Å². The van der Waals surface area contributed by atoms with Crippen molar-refractivity contribution in [2.45, 2.75) is 30.7 Å². The third-order valence-corrected chi connectivity index (χ3v) is 8.42. The Morgan fingerprint density at radius 1 is 0.652 bits per heavy atom. The highest BCUT2D eigenvalue weighted by atomic mass is 19.4. The van der Waals surface area contributed by atoms with E-state index < -0.39 is 17.3 Å². The molecule has 1 heterocycles. The number of ether oxygens (including phenoxy) is 1. The second-order valence-corrected chi connectivity index (χ2v) is 11.3. The van der Waals surface area contributed by atoms with Crippen LogP contribution in [0.25, 0.3) is 11.3 Å². The van der Waals surface area contributed by atoms with Gasteiger partial charge in [-0.15, -0.1) is 5.10 Å². The molecule has 1 aromatic heterocycles. The summed E-state index contributed by atoms with van der Waals surface area (Å²) in [5.74, 6) is 0.0570. The van der Waals surface area contributed by atoms with Crippen LogP contribution in [0, 0.1) is 11.3 Å². The smallest absolute Gasteiger partial charge is 0.416 e. The zero-order valence-corrected chi connectivity index (χ0v) is 24.5. The lowest BCUT2D eigenvalue weighted by molar-refractivity contribution is -0.137. The number of aromatic nitrogens is 3. The number of alkyl halides is 3. The first-order chi connectivity index (χ1) is 22.4. The molecule has 0 bridgehead atoms. The van der Waals surface area contributed by atoms with Gasteiger partial charge in [0, 0.05) is 18.4 Å². The largest absolute Gasteiger partial charge is 0.490 e. The first-order valence-electron chi connectivity index (χ1n) is 14.9. The van der Waals surface area contributed by atoms with E-state index in [9.17, 15) is 18.4 Å². The van der Waals surface area contributed by atoms with E-state index in [1.54, 1.807) is 0 Å². The zero-order valence-electron chi connectivity index (χ0n) is 24.5. The standard InChI is InChI=1S/C38H27F3N4O/c39-38(40,41)32-20-28(23-34(24-32)46-33-21-26-12-10-11-13-27(26)22-33)36-35(25-42)43-45(44-36)37(29-14-4-1-5-15-29,30-16-6-2-7-17-30)31-18-8-3-9-19-31/h1-20,23-24,33H,21-22H2. The minimum absolute atomic E-state index is 0.0281. The lowest BCUT2D eigenvalue weighted by Crippen LogP contribution is -2.39. The van der Waals surface area contributed by atoms with Crippen molar-refractivity contribution in [1.82, 2.24) is 15.0 Å². The Hall–Kier alpha value is -5.68. The van der Waals surface area contributed by atoms with E-state index in [2.05, 4.69) is 11.2 Å². The minimum Gasteiger partial charge on any atom is -0.490 e. The molecule has 1 aliphatic rings. The summed E-state index contributed by atoms with van der Waals surface area (Å²) in [5, 5.41) is 19.8. The van der Waals surface area contributed by atoms with Gasteiger partial charge in [-0.3, -0.25) is 0 Å². The van der Waals surface area contributed by atoms with Gasteiger partial charge in [-0.1, -0.05) is 115 Å². The van der Waals surface area contributed by atoms with Crippen molar-refractivity contribution < 1.29 is 17.9 Å². The molecule has 0 amide bonds. The molecule has 0 unspecified atom stereocenters. The van der Waals surface area contributed by atoms with Crippen molar-refractivity contribution in [3.05, 3.63) is 173 Å². The molecule has 0 saturated heterocycles. The predicted molar refractivity (Wildman–Crippen MR) is 168 cm³/mol. The van der Waals surface area contributed by atoms with Crippen molar-refractivity contribution in [2.75, 3.05) is 0 Å². The number of hydrogen-bond donors (Lipinski definition) is 0. The van der Waals surface area contributed by atoms with E-state index in [0.717, 1.165) is 39.9 Å². The summed E-state index contributed by atoms with van der Waals surface area (Å²) in [6.07, 6.45) is -3.79. The molecule has 1 aliphatic carbocycles. The van der Waals surface area contributed by atoms with Crippen LogP contribution >= 0.6 is 0 Å². The average molecular weight is 613 g/mol. The number of nitriles is 1. The van der Waals surface area contributed by atoms with Crippen LogP contribution in [0.3, 0.4) is 0 Å². The maximum absolute atomic E-state index is 14.3. The number of fused-ring (bicyclic) bond motifs is 1. The van der Waals surface area contributed by atoms with Gasteiger partial charge in [0.25, 0.3) is 0 Å². The number of hydrogen-bond acceptors (Lipinski definition) is 4. The fourth-order valence-corrected chi connectivity index (χ4v) is 6.37. The van der Waals surface area contributed by atoms with E-state index in [1.165, 1.54) is 10.9 Å². The van der Waals surface area contributed by atoms with E-state index in [0.29, 0.717) is 12.8 Å². The highest BCUT2D eigenvalue weighted by Gasteiger charge is 2.42. The molecule has 5 aromatic carbocycles. The first kappa shape index (κ1) is 29.1. The SMILES string of the molecule is N#Cc1nn(C(c2ccccc2)(c2ccccc2)c2ccccc2)nc1-c1cc(OC2Cc3ccccc3C2)cc(C(F)(F)F)c1. The molecule has 0 atom stereocenters. The Kier molecular flexibility index (Phi) is 7.37. The Labute approximate surface area is 264 Å². The van der Waals surface area contributed by atoms with Gasteiger partial charge < -0.3 is 4.74 Å². The van der Waals surface area contributed by atoms with Gasteiger partial charge in [0.05, 0.1) is 5.56 Å². The first-order valence-corrected chi connectivity index (χ1v) is 14.9. The molecule has 226 valence electrons. The quantitative estimate of drug-likeness (QED) is 0.171. The lowest BCUT2D eigenvalue weighted by Gasteiger charge is -2.34. The van der Waals surface area contributed by atoms with Crippen LogP contribution in [0.15, 0.2) is 133 Å². The Balaban J connectivity index is 1.40. The van der Waals surface area contributed by atoms with E-state index in [1.807, 2.05) is 115 Å². The van der Waals surface area contributed by atoms with Crippen molar-refractivity contribution in [2.24, 2.45) is 0 Å².